The molecule has 79 heavy (non-hydrogen) atoms. The van der Waals surface area contributed by atoms with Gasteiger partial charge in [-0.2, -0.15) is 0 Å². The summed E-state index contributed by atoms with van der Waals surface area (Å²) < 4.78 is 33.3. The summed E-state index contributed by atoms with van der Waals surface area (Å²) in [4.78, 5) is 55.5. The number of hydrogen-bond acceptors (Lipinski definition) is 15. The molecule has 0 bridgehead atoms. The van der Waals surface area contributed by atoms with Crippen molar-refractivity contribution in [2.45, 2.75) is 192 Å². The first-order valence-corrected chi connectivity index (χ1v) is 30.3. The Hall–Kier alpha value is -4.73. The third kappa shape index (κ3) is 14.7. The fourth-order valence-corrected chi connectivity index (χ4v) is 15.8. The molecule has 0 aliphatic carbocycles. The Morgan fingerprint density at radius 3 is 2.11 bits per heavy atom. The first-order chi connectivity index (χ1) is 37.3. The van der Waals surface area contributed by atoms with E-state index in [1.54, 1.807) is 27.7 Å². The van der Waals surface area contributed by atoms with Gasteiger partial charge in [-0.15, -0.1) is 5.10 Å². The molecule has 1 aromatic heterocycles. The molecule has 1 amide bonds. The maximum atomic E-state index is 14.1. The molecule has 2 saturated heterocycles. The predicted molar refractivity (Wildman–Crippen MR) is 305 cm³/mol. The number of hydrogen-bond donors (Lipinski definition) is 5. The van der Waals surface area contributed by atoms with Gasteiger partial charge in [-0.25, -0.2) is 0 Å². The average molecular weight is 1110 g/mol. The van der Waals surface area contributed by atoms with Crippen molar-refractivity contribution in [3.05, 3.63) is 96.7 Å². The normalized spacial score (nSPS) is 30.7. The van der Waals surface area contributed by atoms with Crippen LogP contribution >= 0.6 is 0 Å². The van der Waals surface area contributed by atoms with Crippen LogP contribution in [0.5, 0.6) is 0 Å². The minimum absolute atomic E-state index is 0.0304. The number of carbonyl (C=O) groups is 3. The molecule has 0 radical (unpaired) electrons. The number of aliphatic hydroxyl groups excluding tert-OH is 2. The van der Waals surface area contributed by atoms with Crippen LogP contribution in [0.4, 0.5) is 0 Å². The zero-order valence-corrected chi connectivity index (χ0v) is 50.0. The molecule has 0 unspecified atom stereocenters. The number of nitrogens with one attached hydrogen (secondary N) is 1. The van der Waals surface area contributed by atoms with Crippen LogP contribution in [-0.4, -0.2) is 154 Å². The van der Waals surface area contributed by atoms with E-state index in [2.05, 4.69) is 20.5 Å². The molecule has 2 fully saturated rings. The highest BCUT2D eigenvalue weighted by Gasteiger charge is 2.53. The predicted octanol–water partition coefficient (Wildman–Crippen LogP) is 6.21. The van der Waals surface area contributed by atoms with Crippen LogP contribution in [0.1, 0.15) is 120 Å². The lowest BCUT2D eigenvalue weighted by atomic mass is 9.74. The van der Waals surface area contributed by atoms with E-state index in [9.17, 15) is 34.5 Å². The fraction of sp³-hybridized carbons (Fsp3) is 0.623. The summed E-state index contributed by atoms with van der Waals surface area (Å²) in [6.45, 7) is 19.4. The van der Waals surface area contributed by atoms with Crippen molar-refractivity contribution in [1.82, 2.24) is 25.2 Å². The number of Topliss-reactive ketones (excluding diaryl/α,β-unsaturated/α-hetero) is 1. The van der Waals surface area contributed by atoms with Crippen molar-refractivity contribution < 1.29 is 58.2 Å². The summed E-state index contributed by atoms with van der Waals surface area (Å²) >= 11 is 0. The maximum absolute atomic E-state index is 14.1. The molecular weight excluding hydrogens is 1020 g/mol. The zero-order valence-electron chi connectivity index (χ0n) is 49.0. The quantitative estimate of drug-likeness (QED) is 0.0377. The van der Waals surface area contributed by atoms with Gasteiger partial charge in [0, 0.05) is 74.7 Å². The molecule has 4 aromatic rings. The number of nitrogens with zero attached hydrogens (tertiary/aromatic N) is 4. The van der Waals surface area contributed by atoms with Gasteiger partial charge in [0.05, 0.1) is 42.1 Å². The second-order valence-electron chi connectivity index (χ2n) is 23.7. The number of ketones is 1. The van der Waals surface area contributed by atoms with Crippen molar-refractivity contribution >= 4 is 36.4 Å². The molecule has 6 rings (SSSR count). The van der Waals surface area contributed by atoms with Gasteiger partial charge >= 0.3 is 5.97 Å². The summed E-state index contributed by atoms with van der Waals surface area (Å²) in [6.07, 6.45) is -1.37. The standard InChI is InChI=1S/C61H91N5O12Si/c1-14-50-61(10,72)55(70)41(4)52(68)39(2)35-60(9,75-13)56(42(5)54(74-12)43(6)57(71)77-50)78-58-53(69)49(34-40(3)76-58)65(11)36-44-29-31-45(32-30-44)48-37-66(64-63-48)33-23-17-22-28-51(67)62-38-59(7,8)79(73,46-24-18-15-19-25-46)47-26-20-16-21-27-47/h15-16,18-21,24-27,29-32,37,39-43,49-50,53-56,58,69-70,72-73H,14,17,22-23,28,33-36,38H2,1-13H3,(H,62,67)/t39-,40-,41+,42+,43-,49+,50-,53-,54+,55-,56-,58+,60-,61-/m1/s1. The number of benzene rings is 3. The summed E-state index contributed by atoms with van der Waals surface area (Å²) in [6, 6.07) is 27.3. The third-order valence-corrected chi connectivity index (χ3v) is 21.7. The van der Waals surface area contributed by atoms with Crippen LogP contribution in [0.2, 0.25) is 5.04 Å². The highest BCUT2D eigenvalue weighted by molar-refractivity contribution is 6.98. The van der Waals surface area contributed by atoms with Crippen LogP contribution in [-0.2, 0) is 51.2 Å². The van der Waals surface area contributed by atoms with Crippen LogP contribution in [0.15, 0.2) is 91.1 Å². The van der Waals surface area contributed by atoms with Gasteiger partial charge in [-0.3, -0.25) is 24.0 Å². The van der Waals surface area contributed by atoms with E-state index in [4.69, 9.17) is 23.7 Å². The van der Waals surface area contributed by atoms with E-state index < -0.39 is 91.0 Å². The Labute approximate surface area is 469 Å². The van der Waals surface area contributed by atoms with E-state index >= 15 is 0 Å². The second-order valence-corrected chi connectivity index (χ2v) is 27.7. The van der Waals surface area contributed by atoms with E-state index in [0.29, 0.717) is 32.5 Å². The molecule has 3 heterocycles. The highest BCUT2D eigenvalue weighted by atomic mass is 28.4. The molecule has 0 spiro atoms. The van der Waals surface area contributed by atoms with Crippen LogP contribution in [0.3, 0.4) is 0 Å². The van der Waals surface area contributed by atoms with E-state index in [1.165, 1.54) is 21.1 Å². The van der Waals surface area contributed by atoms with Crippen molar-refractivity contribution in [2.75, 3.05) is 27.8 Å². The van der Waals surface area contributed by atoms with Gasteiger partial charge < -0.3 is 49.1 Å². The first kappa shape index (κ1) is 63.4. The number of amides is 1. The van der Waals surface area contributed by atoms with Gasteiger partial charge in [0.25, 0.3) is 8.32 Å². The van der Waals surface area contributed by atoms with Crippen LogP contribution in [0, 0.1) is 23.7 Å². The molecule has 3 aromatic carbocycles. The number of aromatic nitrogens is 3. The van der Waals surface area contributed by atoms with Gasteiger partial charge in [0.15, 0.2) is 6.29 Å². The lowest BCUT2D eigenvalue weighted by Crippen LogP contribution is -2.67. The minimum Gasteiger partial charge on any atom is -0.459 e. The first-order valence-electron chi connectivity index (χ1n) is 28.3. The van der Waals surface area contributed by atoms with Crippen molar-refractivity contribution in [1.29, 1.82) is 0 Å². The summed E-state index contributed by atoms with van der Waals surface area (Å²) in [5.74, 6) is -4.13. The average Bonchev–Trinajstić information content (AvgIpc) is 3.99. The second kappa shape index (κ2) is 27.4. The van der Waals surface area contributed by atoms with Crippen LogP contribution in [0.25, 0.3) is 11.3 Å². The number of aryl methyl sites for hydroxylation is 1. The van der Waals surface area contributed by atoms with Crippen molar-refractivity contribution in [2.24, 2.45) is 23.7 Å². The number of carbonyl (C=O) groups excluding carboxylic acids is 3. The molecule has 0 saturated carbocycles. The lowest BCUT2D eigenvalue weighted by Gasteiger charge is -2.48. The van der Waals surface area contributed by atoms with Crippen molar-refractivity contribution in [3.8, 4) is 11.3 Å². The van der Waals surface area contributed by atoms with E-state index in [0.717, 1.165) is 46.5 Å². The molecule has 2 aliphatic rings. The molecular formula is C61H91N5O12Si. The molecule has 18 heteroatoms. The zero-order chi connectivity index (χ0) is 58.0. The Bertz CT molecular complexity index is 2530. The van der Waals surface area contributed by atoms with Gasteiger partial charge in [-0.1, -0.05) is 138 Å². The van der Waals surface area contributed by atoms with Gasteiger partial charge in [-0.05, 0) is 82.8 Å². The SMILES string of the molecule is CC[C@H]1OC(=O)[C@H](C)[C@@H](OC)[C@H](C)[C@@H](O[C@@H]2O[C@H](C)C[C@H](N(C)Cc3ccc(-c4cn(CCCCCC(=O)NCC(C)(C)[Si](O)(c5ccccc5)c5ccccc5)nn4)cc3)[C@H]2O)[C@](C)(OC)C[C@@H](C)C(=O)[C@H](C)[C@@H](O)[C@]1(C)O. The number of methoxy groups -OCH3 is 2. The van der Waals surface area contributed by atoms with Crippen molar-refractivity contribution in [3.63, 3.8) is 0 Å². The number of likely N-dealkylation sites (N-methyl/N-ethyl adjacent to an activating group) is 1. The summed E-state index contributed by atoms with van der Waals surface area (Å²) in [7, 11) is 1.75. The maximum Gasteiger partial charge on any atom is 0.311 e. The topological polar surface area (TPSA) is 224 Å². The molecule has 436 valence electrons. The minimum atomic E-state index is -3.23. The molecule has 14 atom stereocenters. The van der Waals surface area contributed by atoms with Crippen LogP contribution < -0.4 is 15.7 Å². The summed E-state index contributed by atoms with van der Waals surface area (Å²) in [5, 5.41) is 48.4. The number of esters is 1. The van der Waals surface area contributed by atoms with E-state index in [1.807, 2.05) is 137 Å². The molecule has 5 N–H and O–H groups in total. The van der Waals surface area contributed by atoms with Gasteiger partial charge in [0.1, 0.15) is 29.3 Å². The number of ether oxygens (including phenoxy) is 5. The number of unbranched alkanes of at least 4 members (excludes halogenated alkanes) is 2. The largest absolute Gasteiger partial charge is 0.459 e. The summed E-state index contributed by atoms with van der Waals surface area (Å²) in [5.41, 5.74) is -0.464. The molecule has 2 aliphatic heterocycles. The van der Waals surface area contributed by atoms with E-state index in [-0.39, 0.29) is 36.7 Å². The Balaban J connectivity index is 1.05. The lowest BCUT2D eigenvalue weighted by molar-refractivity contribution is -0.303. The smallest absolute Gasteiger partial charge is 0.311 e. The Kier molecular flexibility index (Phi) is 22.0. The fourth-order valence-electron chi connectivity index (χ4n) is 12.2. The number of cyclic esters (lactones) is 1. The Morgan fingerprint density at radius 2 is 1.53 bits per heavy atom. The number of aliphatic hydroxyl groups is 3. The monoisotopic (exact) mass is 1110 g/mol. The highest BCUT2D eigenvalue weighted by Crippen LogP contribution is 2.40. The number of rotatable bonds is 20. The Morgan fingerprint density at radius 1 is 0.911 bits per heavy atom. The van der Waals surface area contributed by atoms with Gasteiger partial charge in [0.2, 0.25) is 5.91 Å². The molecule has 17 nitrogen and oxygen atoms in total. The third-order valence-electron chi connectivity index (χ3n) is 17.3.